The molecule has 0 saturated heterocycles. The van der Waals surface area contributed by atoms with Crippen LogP contribution in [0, 0.1) is 31.6 Å². The molecule has 1 heterocycles. The average Bonchev–Trinajstić information content (AvgIpc) is 3.27. The highest BCUT2D eigenvalue weighted by molar-refractivity contribution is 7.90. The average molecular weight is 643 g/mol. The van der Waals surface area contributed by atoms with E-state index in [2.05, 4.69) is 17.9 Å². The number of carbonyl (C=O) groups is 1. The maximum Gasteiger partial charge on any atom is 0.306 e. The predicted octanol–water partition coefficient (Wildman–Crippen LogP) is 6.50. The summed E-state index contributed by atoms with van der Waals surface area (Å²) in [6, 6.07) is 19.6. The van der Waals surface area contributed by atoms with E-state index in [1.807, 2.05) is 80.6 Å². The largest absolute Gasteiger partial charge is 0.494 e. The highest BCUT2D eigenvalue weighted by Gasteiger charge is 2.28. The topological polar surface area (TPSA) is 97.4 Å². The van der Waals surface area contributed by atoms with Gasteiger partial charge in [0.25, 0.3) is 0 Å². The summed E-state index contributed by atoms with van der Waals surface area (Å²) in [5.74, 6) is 8.60. The second kappa shape index (κ2) is 14.7. The number of carbonyl (C=O) groups excluding carboxylic acids is 1. The highest BCUT2D eigenvalue weighted by atomic mass is 32.2. The van der Waals surface area contributed by atoms with E-state index < -0.39 is 15.9 Å². The summed E-state index contributed by atoms with van der Waals surface area (Å²) in [6.45, 7) is 5.07. The van der Waals surface area contributed by atoms with Crippen LogP contribution in [-0.2, 0) is 35.4 Å². The van der Waals surface area contributed by atoms with Crippen LogP contribution in [0.15, 0.2) is 84.1 Å². The molecule has 0 amide bonds. The molecule has 8 nitrogen and oxygen atoms in total. The number of hydrogen-bond donors (Lipinski definition) is 0. The molecule has 0 spiro atoms. The van der Waals surface area contributed by atoms with Crippen molar-refractivity contribution < 1.29 is 36.9 Å². The van der Waals surface area contributed by atoms with Crippen molar-refractivity contribution in [2.24, 2.45) is 5.92 Å². The fourth-order valence-electron chi connectivity index (χ4n) is 5.48. The number of ether oxygens (including phenoxy) is 5. The molecule has 0 saturated carbocycles. The van der Waals surface area contributed by atoms with Crippen LogP contribution in [0.5, 0.6) is 17.2 Å². The molecule has 2 atom stereocenters. The zero-order valence-corrected chi connectivity index (χ0v) is 27.3. The number of benzene rings is 3. The molecule has 9 heteroatoms. The monoisotopic (exact) mass is 642 g/mol. The van der Waals surface area contributed by atoms with E-state index in [9.17, 15) is 13.2 Å². The van der Waals surface area contributed by atoms with Crippen LogP contribution in [-0.4, -0.2) is 52.8 Å². The Kier molecular flexibility index (Phi) is 10.5. The second-order valence-electron chi connectivity index (χ2n) is 11.4. The maximum atomic E-state index is 11.8. The first-order chi connectivity index (χ1) is 22.1. The Morgan fingerprint density at radius 2 is 1.78 bits per heavy atom. The van der Waals surface area contributed by atoms with Crippen molar-refractivity contribution in [3.63, 3.8) is 0 Å². The smallest absolute Gasteiger partial charge is 0.306 e. The fraction of sp³-hybridized carbons (Fsp3) is 0.324. The van der Waals surface area contributed by atoms with E-state index in [0.29, 0.717) is 43.5 Å². The molecular weight excluding hydrogens is 604 g/mol. The third kappa shape index (κ3) is 8.59. The fourth-order valence-corrected chi connectivity index (χ4v) is 6.13. The van der Waals surface area contributed by atoms with Gasteiger partial charge in [-0.05, 0) is 90.9 Å². The van der Waals surface area contributed by atoms with Gasteiger partial charge in [-0.1, -0.05) is 36.3 Å². The van der Waals surface area contributed by atoms with E-state index in [-0.39, 0.29) is 24.1 Å². The van der Waals surface area contributed by atoms with Gasteiger partial charge in [-0.2, -0.15) is 0 Å². The van der Waals surface area contributed by atoms with Gasteiger partial charge in [-0.25, -0.2) is 8.42 Å². The quantitative estimate of drug-likeness (QED) is 0.119. The van der Waals surface area contributed by atoms with E-state index in [1.54, 1.807) is 0 Å². The van der Waals surface area contributed by atoms with Gasteiger partial charge in [0.05, 0.1) is 39.1 Å². The van der Waals surface area contributed by atoms with Crippen molar-refractivity contribution in [1.82, 2.24) is 0 Å². The minimum atomic E-state index is -3.04. The van der Waals surface area contributed by atoms with E-state index in [1.165, 1.54) is 13.4 Å². The Morgan fingerprint density at radius 1 is 1.02 bits per heavy atom. The second-order valence-corrected chi connectivity index (χ2v) is 13.7. The molecule has 3 aromatic rings. The van der Waals surface area contributed by atoms with E-state index in [4.69, 9.17) is 23.7 Å². The minimum absolute atomic E-state index is 0.0862. The normalized spacial score (nSPS) is 17.0. The lowest BCUT2D eigenvalue weighted by atomic mass is 9.93. The first-order valence-corrected chi connectivity index (χ1v) is 17.2. The van der Waals surface area contributed by atoms with Crippen LogP contribution < -0.4 is 9.47 Å². The number of esters is 1. The number of methoxy groups -OCH3 is 1. The lowest BCUT2D eigenvalue weighted by molar-refractivity contribution is -0.141. The van der Waals surface area contributed by atoms with Gasteiger partial charge in [0.1, 0.15) is 33.2 Å². The molecular formula is C37H38O8S. The summed E-state index contributed by atoms with van der Waals surface area (Å²) in [4.78, 5) is 11.8. The molecule has 0 aromatic heterocycles. The van der Waals surface area contributed by atoms with Crippen molar-refractivity contribution in [1.29, 1.82) is 0 Å². The van der Waals surface area contributed by atoms with Crippen molar-refractivity contribution in [3.8, 4) is 40.2 Å². The summed E-state index contributed by atoms with van der Waals surface area (Å²) in [5, 5.41) is 0. The molecule has 240 valence electrons. The van der Waals surface area contributed by atoms with Crippen LogP contribution in [0.3, 0.4) is 0 Å². The first kappa shape index (κ1) is 32.9. The summed E-state index contributed by atoms with van der Waals surface area (Å²) in [6.07, 6.45) is 5.25. The Balaban J connectivity index is 1.35. The highest BCUT2D eigenvalue weighted by Crippen LogP contribution is 2.39. The molecule has 2 unspecified atom stereocenters. The lowest BCUT2D eigenvalue weighted by Gasteiger charge is -2.19. The molecule has 5 rings (SSSR count). The van der Waals surface area contributed by atoms with Gasteiger partial charge in [-0.15, -0.1) is 0 Å². The van der Waals surface area contributed by atoms with Gasteiger partial charge in [-0.3, -0.25) is 4.79 Å². The molecule has 2 aliphatic rings. The zero-order chi connectivity index (χ0) is 32.7. The molecule has 46 heavy (non-hydrogen) atoms. The third-order valence-electron chi connectivity index (χ3n) is 7.70. The Labute approximate surface area is 270 Å². The van der Waals surface area contributed by atoms with Gasteiger partial charge >= 0.3 is 5.97 Å². The number of aryl methyl sites for hydroxylation is 2. The molecule has 1 aliphatic carbocycles. The number of para-hydroxylation sites is 1. The number of hydrogen-bond acceptors (Lipinski definition) is 8. The Bertz CT molecular complexity index is 1790. The molecule has 0 radical (unpaired) electrons. The van der Waals surface area contributed by atoms with Crippen molar-refractivity contribution in [3.05, 3.63) is 101 Å². The van der Waals surface area contributed by atoms with Crippen LogP contribution >= 0.6 is 0 Å². The van der Waals surface area contributed by atoms with Crippen molar-refractivity contribution in [2.45, 2.75) is 39.4 Å². The molecule has 1 aliphatic heterocycles. The maximum absolute atomic E-state index is 11.8. The van der Waals surface area contributed by atoms with Gasteiger partial charge in [0.2, 0.25) is 0 Å². The summed E-state index contributed by atoms with van der Waals surface area (Å²) in [5.41, 5.74) is 5.74. The van der Waals surface area contributed by atoms with Crippen molar-refractivity contribution in [2.75, 3.05) is 32.3 Å². The molecule has 0 N–H and O–H groups in total. The number of allylic oxidation sites excluding steroid dienone is 2. The van der Waals surface area contributed by atoms with Crippen LogP contribution in [0.2, 0.25) is 0 Å². The third-order valence-corrected chi connectivity index (χ3v) is 8.73. The van der Waals surface area contributed by atoms with E-state index >= 15 is 0 Å². The summed E-state index contributed by atoms with van der Waals surface area (Å²) in [7, 11) is -1.66. The zero-order valence-electron chi connectivity index (χ0n) is 26.5. The SMILES string of the molecule is COC(=O)CC1COC2=C1C=CC(OCc1ccc(Oc3ccccc3)c(-c3c(C)cc(OCCCS(C)(=O)=O)cc3C)c1)C#C2. The van der Waals surface area contributed by atoms with Crippen molar-refractivity contribution >= 4 is 15.8 Å². The van der Waals surface area contributed by atoms with Gasteiger partial charge in [0.15, 0.2) is 5.76 Å². The van der Waals surface area contributed by atoms with Crippen LogP contribution in [0.4, 0.5) is 0 Å². The van der Waals surface area contributed by atoms with Crippen LogP contribution in [0.25, 0.3) is 11.1 Å². The van der Waals surface area contributed by atoms with Gasteiger partial charge in [0, 0.05) is 23.3 Å². The molecule has 0 bridgehead atoms. The van der Waals surface area contributed by atoms with Gasteiger partial charge < -0.3 is 23.7 Å². The number of rotatable bonds is 13. The Hall–Kier alpha value is -4.52. The Morgan fingerprint density at radius 3 is 2.50 bits per heavy atom. The predicted molar refractivity (Wildman–Crippen MR) is 176 cm³/mol. The molecule has 0 fully saturated rings. The minimum Gasteiger partial charge on any atom is -0.494 e. The summed E-state index contributed by atoms with van der Waals surface area (Å²) < 4.78 is 52.0. The lowest BCUT2D eigenvalue weighted by Crippen LogP contribution is -2.12. The number of sulfone groups is 1. The molecule has 3 aromatic carbocycles. The first-order valence-electron chi connectivity index (χ1n) is 15.1. The summed E-state index contributed by atoms with van der Waals surface area (Å²) >= 11 is 0. The standard InChI is InChI=1S/C37H38O8S/c1-25-19-31(42-17-8-18-46(4,39)40)20-26(2)37(25)33-21-27(11-15-35(33)45-30-9-6-5-7-10-30)23-43-29-12-14-32-28(22-36(38)41-3)24-44-34(32)16-13-29/h5-7,9-12,14-15,19-21,28-29H,8,17-18,22-24H2,1-4H3. The van der Waals surface area contributed by atoms with E-state index in [0.717, 1.165) is 39.1 Å². The van der Waals surface area contributed by atoms with Crippen LogP contribution in [0.1, 0.15) is 29.5 Å².